The largest absolute Gasteiger partial charge is 0.450 e. The Morgan fingerprint density at radius 1 is 1.18 bits per heavy atom. The van der Waals surface area contributed by atoms with Gasteiger partial charge in [0.1, 0.15) is 11.9 Å². The van der Waals surface area contributed by atoms with Crippen molar-refractivity contribution in [3.63, 3.8) is 0 Å². The summed E-state index contributed by atoms with van der Waals surface area (Å²) in [7, 11) is 0. The number of ether oxygens (including phenoxy) is 1. The molecular formula is C28H37N9O2. The lowest BCUT2D eigenvalue weighted by molar-refractivity contribution is 0.0790. The molecule has 2 N–H and O–H groups in total. The summed E-state index contributed by atoms with van der Waals surface area (Å²) in [5, 5.41) is 24.5. The normalized spacial score (nSPS) is 21.1. The summed E-state index contributed by atoms with van der Waals surface area (Å²) in [4.78, 5) is 20.8. The number of dihydropyridines is 1. The van der Waals surface area contributed by atoms with E-state index < -0.39 is 0 Å². The van der Waals surface area contributed by atoms with Crippen molar-refractivity contribution in [2.24, 2.45) is 10.9 Å². The maximum absolute atomic E-state index is 11.9. The molecule has 11 heteroatoms. The van der Waals surface area contributed by atoms with E-state index in [1.165, 1.54) is 5.57 Å². The molecule has 0 saturated carbocycles. The van der Waals surface area contributed by atoms with Crippen molar-refractivity contribution < 1.29 is 9.53 Å². The highest BCUT2D eigenvalue weighted by Gasteiger charge is 2.37. The van der Waals surface area contributed by atoms with Crippen molar-refractivity contribution >= 4 is 29.0 Å². The van der Waals surface area contributed by atoms with Gasteiger partial charge in [-0.05, 0) is 48.6 Å². The van der Waals surface area contributed by atoms with Gasteiger partial charge in [0.15, 0.2) is 5.82 Å². The van der Waals surface area contributed by atoms with Gasteiger partial charge in [-0.1, -0.05) is 19.9 Å². The number of nitrogens with zero attached hydrogens (tertiary/aromatic N) is 7. The molecule has 0 spiro atoms. The molecule has 5 rings (SSSR count). The number of hydrogen-bond acceptors (Lipinski definition) is 9. The standard InChI is InChI=1S/C28H37N9O2/c1-4-39-28(38)36-12-10-35(11-13-36)8-5-9-37-18-21(17-31-37)22-15-23(22)27-24(29)6-7-25(33-27)32-26-14-20(19(2)3)16-30-34-26/h6-7,14-19,23,27,29H,4-5,8-13H2,1-3H3,(H,32,33,34). The molecule has 0 aromatic carbocycles. The second-order valence-corrected chi connectivity index (χ2v) is 10.4. The van der Waals surface area contributed by atoms with Crippen LogP contribution < -0.4 is 5.32 Å². The van der Waals surface area contributed by atoms with Crippen molar-refractivity contribution in [1.82, 2.24) is 29.8 Å². The molecular weight excluding hydrogens is 494 g/mol. The third kappa shape index (κ3) is 6.59. The SMILES string of the molecule is CCOC(=O)N1CCN(CCCn2cc(C3=CC3C3N=C(Nc4cc(C(C)C)cnn4)C=CC3=N)cn2)CC1. The third-order valence-corrected chi connectivity index (χ3v) is 7.29. The third-order valence-electron chi connectivity index (χ3n) is 7.29. The van der Waals surface area contributed by atoms with Crippen LogP contribution in [-0.4, -0.2) is 92.8 Å². The monoisotopic (exact) mass is 531 g/mol. The highest BCUT2D eigenvalue weighted by Crippen LogP contribution is 2.42. The van der Waals surface area contributed by atoms with E-state index in [4.69, 9.17) is 15.1 Å². The summed E-state index contributed by atoms with van der Waals surface area (Å²) in [5.41, 5.74) is 3.88. The fourth-order valence-corrected chi connectivity index (χ4v) is 4.92. The minimum absolute atomic E-state index is 0.0978. The van der Waals surface area contributed by atoms with Gasteiger partial charge in [0.25, 0.3) is 0 Å². The van der Waals surface area contributed by atoms with E-state index in [0.717, 1.165) is 43.7 Å². The average Bonchev–Trinajstić information content (AvgIpc) is 3.59. The molecule has 3 aliphatic rings. The number of rotatable bonds is 9. The van der Waals surface area contributed by atoms with E-state index in [9.17, 15) is 4.79 Å². The zero-order valence-corrected chi connectivity index (χ0v) is 22.9. The lowest BCUT2D eigenvalue weighted by atomic mass is 9.99. The van der Waals surface area contributed by atoms with Crippen LogP contribution in [0.1, 0.15) is 44.2 Å². The minimum Gasteiger partial charge on any atom is -0.450 e. The van der Waals surface area contributed by atoms with Crippen molar-refractivity contribution in [1.29, 1.82) is 5.41 Å². The van der Waals surface area contributed by atoms with Gasteiger partial charge in [0.05, 0.1) is 24.7 Å². The van der Waals surface area contributed by atoms with Gasteiger partial charge in [-0.25, -0.2) is 4.79 Å². The van der Waals surface area contributed by atoms with Gasteiger partial charge in [-0.3, -0.25) is 14.6 Å². The molecule has 39 heavy (non-hydrogen) atoms. The van der Waals surface area contributed by atoms with Crippen LogP contribution in [0.2, 0.25) is 0 Å². The molecule has 0 radical (unpaired) electrons. The van der Waals surface area contributed by atoms with E-state index in [1.54, 1.807) is 17.2 Å². The highest BCUT2D eigenvalue weighted by atomic mass is 16.6. The molecule has 206 valence electrons. The predicted octanol–water partition coefficient (Wildman–Crippen LogP) is 3.44. The summed E-state index contributed by atoms with van der Waals surface area (Å²) in [5.74, 6) is 1.80. The minimum atomic E-state index is -0.259. The Balaban J connectivity index is 1.10. The lowest BCUT2D eigenvalue weighted by Crippen LogP contribution is -2.49. The van der Waals surface area contributed by atoms with Crippen molar-refractivity contribution in [2.75, 3.05) is 44.6 Å². The molecule has 0 bridgehead atoms. The molecule has 2 atom stereocenters. The Labute approximate surface area is 229 Å². The topological polar surface area (TPSA) is 125 Å². The Morgan fingerprint density at radius 2 is 2.00 bits per heavy atom. The van der Waals surface area contributed by atoms with Gasteiger partial charge in [0.2, 0.25) is 0 Å². The first-order chi connectivity index (χ1) is 18.9. The second kappa shape index (κ2) is 11.9. The number of carbonyl (C=O) groups is 1. The molecule has 2 aliphatic heterocycles. The summed E-state index contributed by atoms with van der Waals surface area (Å²) < 4.78 is 7.09. The number of aliphatic imine (C=N–C) groups is 1. The molecule has 4 heterocycles. The maximum atomic E-state index is 11.9. The molecule has 1 fully saturated rings. The number of aryl methyl sites for hydroxylation is 1. The first kappa shape index (κ1) is 26.7. The molecule has 2 aromatic heterocycles. The van der Waals surface area contributed by atoms with Gasteiger partial charge >= 0.3 is 6.09 Å². The van der Waals surface area contributed by atoms with Crippen LogP contribution in [0.25, 0.3) is 5.57 Å². The summed E-state index contributed by atoms with van der Waals surface area (Å²) >= 11 is 0. The average molecular weight is 532 g/mol. The van der Waals surface area contributed by atoms with Crippen molar-refractivity contribution in [2.45, 2.75) is 45.7 Å². The van der Waals surface area contributed by atoms with Gasteiger partial charge in [-0.15, -0.1) is 5.10 Å². The van der Waals surface area contributed by atoms with Crippen LogP contribution in [0.15, 0.2) is 47.9 Å². The van der Waals surface area contributed by atoms with Crippen LogP contribution in [-0.2, 0) is 11.3 Å². The fraction of sp³-hybridized carbons (Fsp3) is 0.500. The number of aromatic nitrogens is 4. The van der Waals surface area contributed by atoms with E-state index in [0.29, 0.717) is 43.0 Å². The van der Waals surface area contributed by atoms with E-state index >= 15 is 0 Å². The smallest absolute Gasteiger partial charge is 0.409 e. The summed E-state index contributed by atoms with van der Waals surface area (Å²) in [6.45, 7) is 11.4. The van der Waals surface area contributed by atoms with Crippen molar-refractivity contribution in [3.05, 3.63) is 54.0 Å². The van der Waals surface area contributed by atoms with E-state index in [-0.39, 0.29) is 18.1 Å². The second-order valence-electron chi connectivity index (χ2n) is 10.4. The van der Waals surface area contributed by atoms with Crippen LogP contribution in [0, 0.1) is 11.3 Å². The Morgan fingerprint density at radius 3 is 2.77 bits per heavy atom. The van der Waals surface area contributed by atoms with Crippen LogP contribution >= 0.6 is 0 Å². The lowest BCUT2D eigenvalue weighted by Gasteiger charge is -2.33. The highest BCUT2D eigenvalue weighted by molar-refractivity contribution is 6.14. The van der Waals surface area contributed by atoms with E-state index in [2.05, 4.69) is 51.6 Å². The predicted molar refractivity (Wildman–Crippen MR) is 151 cm³/mol. The van der Waals surface area contributed by atoms with Crippen LogP contribution in [0.5, 0.6) is 0 Å². The zero-order chi connectivity index (χ0) is 27.4. The van der Waals surface area contributed by atoms with Gasteiger partial charge < -0.3 is 20.4 Å². The number of piperazine rings is 1. The number of hydrogen-bond donors (Lipinski definition) is 2. The number of amidine groups is 1. The quantitative estimate of drug-likeness (QED) is 0.508. The Bertz CT molecular complexity index is 1290. The molecule has 1 aliphatic carbocycles. The van der Waals surface area contributed by atoms with E-state index in [1.807, 2.05) is 29.9 Å². The van der Waals surface area contributed by atoms with Crippen molar-refractivity contribution in [3.8, 4) is 0 Å². The van der Waals surface area contributed by atoms with Crippen LogP contribution in [0.3, 0.4) is 0 Å². The summed E-state index contributed by atoms with van der Waals surface area (Å²) in [6, 6.07) is 1.73. The summed E-state index contributed by atoms with van der Waals surface area (Å²) in [6.07, 6.45) is 12.3. The number of amides is 1. The molecule has 1 amide bonds. The Kier molecular flexibility index (Phi) is 8.16. The van der Waals surface area contributed by atoms with Crippen LogP contribution in [0.4, 0.5) is 10.6 Å². The first-order valence-corrected chi connectivity index (χ1v) is 13.7. The number of anilines is 1. The van der Waals surface area contributed by atoms with Gasteiger partial charge in [-0.2, -0.15) is 10.2 Å². The maximum Gasteiger partial charge on any atom is 0.409 e. The van der Waals surface area contributed by atoms with Gasteiger partial charge in [0, 0.05) is 56.9 Å². The zero-order valence-electron chi connectivity index (χ0n) is 22.9. The number of carbonyl (C=O) groups excluding carboxylic acids is 1. The Hall–Kier alpha value is -3.86. The molecule has 1 saturated heterocycles. The number of nitrogens with one attached hydrogen (secondary N) is 2. The fourth-order valence-electron chi connectivity index (χ4n) is 4.92. The first-order valence-electron chi connectivity index (χ1n) is 13.7. The molecule has 2 aromatic rings. The molecule has 11 nitrogen and oxygen atoms in total. The molecule has 2 unspecified atom stereocenters.